The Morgan fingerprint density at radius 3 is 2.11 bits per heavy atom. The van der Waals surface area contributed by atoms with Crippen molar-refractivity contribution in [2.75, 3.05) is 33.3 Å². The minimum atomic E-state index is -0.442. The molecule has 0 unspecified atom stereocenters. The number of amides is 2. The molecular formula is C21H25N3O4. The smallest absolute Gasteiger partial charge is 0.339 e. The molecule has 2 amide bonds. The van der Waals surface area contributed by atoms with Gasteiger partial charge in [0.25, 0.3) is 11.8 Å². The predicted molar refractivity (Wildman–Crippen MR) is 104 cm³/mol. The van der Waals surface area contributed by atoms with Crippen LogP contribution in [0.25, 0.3) is 0 Å². The van der Waals surface area contributed by atoms with Crippen molar-refractivity contribution in [1.29, 1.82) is 0 Å². The van der Waals surface area contributed by atoms with Gasteiger partial charge in [0.1, 0.15) is 5.69 Å². The lowest BCUT2D eigenvalue weighted by Gasteiger charge is -2.34. The SMILES string of the molecule is CCc1[nH]c(C(=O)N2CCN(C(=O)c3ccccc3)CC2)c(C)c1C(=O)OC. The third kappa shape index (κ3) is 3.65. The summed E-state index contributed by atoms with van der Waals surface area (Å²) in [5, 5.41) is 0. The Balaban J connectivity index is 1.71. The molecule has 148 valence electrons. The molecule has 7 nitrogen and oxygen atoms in total. The molecule has 1 aliphatic rings. The van der Waals surface area contributed by atoms with Gasteiger partial charge < -0.3 is 19.5 Å². The van der Waals surface area contributed by atoms with Crippen LogP contribution in [-0.2, 0) is 11.2 Å². The lowest BCUT2D eigenvalue weighted by molar-refractivity contribution is 0.0532. The van der Waals surface area contributed by atoms with E-state index in [9.17, 15) is 14.4 Å². The molecule has 0 spiro atoms. The Labute approximate surface area is 164 Å². The van der Waals surface area contributed by atoms with Crippen LogP contribution in [0.15, 0.2) is 30.3 Å². The fourth-order valence-corrected chi connectivity index (χ4v) is 3.55. The summed E-state index contributed by atoms with van der Waals surface area (Å²) in [5.74, 6) is -0.623. The number of ether oxygens (including phenoxy) is 1. The van der Waals surface area contributed by atoms with Crippen molar-refractivity contribution in [2.24, 2.45) is 0 Å². The van der Waals surface area contributed by atoms with Crippen LogP contribution in [0.3, 0.4) is 0 Å². The highest BCUT2D eigenvalue weighted by Gasteiger charge is 2.29. The van der Waals surface area contributed by atoms with Gasteiger partial charge in [0.2, 0.25) is 0 Å². The summed E-state index contributed by atoms with van der Waals surface area (Å²) in [6.45, 7) is 5.52. The zero-order valence-corrected chi connectivity index (χ0v) is 16.4. The largest absolute Gasteiger partial charge is 0.465 e. The predicted octanol–water partition coefficient (Wildman–Crippen LogP) is 2.27. The minimum absolute atomic E-state index is 0.0231. The normalized spacial score (nSPS) is 14.1. The summed E-state index contributed by atoms with van der Waals surface area (Å²) in [6, 6.07) is 9.14. The molecule has 0 radical (unpaired) electrons. The van der Waals surface area contributed by atoms with Crippen LogP contribution in [0.4, 0.5) is 0 Å². The highest BCUT2D eigenvalue weighted by Crippen LogP contribution is 2.22. The molecular weight excluding hydrogens is 358 g/mol. The molecule has 1 aromatic heterocycles. The number of esters is 1. The van der Waals surface area contributed by atoms with Crippen molar-refractivity contribution < 1.29 is 19.1 Å². The fraction of sp³-hybridized carbons (Fsp3) is 0.381. The van der Waals surface area contributed by atoms with Crippen molar-refractivity contribution in [3.05, 3.63) is 58.4 Å². The molecule has 1 aliphatic heterocycles. The maximum Gasteiger partial charge on any atom is 0.339 e. The van der Waals surface area contributed by atoms with Crippen molar-refractivity contribution in [2.45, 2.75) is 20.3 Å². The maximum atomic E-state index is 13.0. The standard InChI is InChI=1S/C21H25N3O4/c1-4-16-17(21(27)28-3)14(2)18(22-16)20(26)24-12-10-23(11-13-24)19(25)15-8-6-5-7-9-15/h5-9,22H,4,10-13H2,1-3H3. The van der Waals surface area contributed by atoms with E-state index >= 15 is 0 Å². The van der Waals surface area contributed by atoms with Gasteiger partial charge in [0.05, 0.1) is 12.7 Å². The lowest BCUT2D eigenvalue weighted by Crippen LogP contribution is -2.50. The van der Waals surface area contributed by atoms with Gasteiger partial charge in [-0.2, -0.15) is 0 Å². The van der Waals surface area contributed by atoms with E-state index in [1.165, 1.54) is 7.11 Å². The van der Waals surface area contributed by atoms with Crippen molar-refractivity contribution >= 4 is 17.8 Å². The second-order valence-electron chi connectivity index (χ2n) is 6.77. The van der Waals surface area contributed by atoms with Crippen LogP contribution in [0.5, 0.6) is 0 Å². The van der Waals surface area contributed by atoms with Gasteiger partial charge in [0, 0.05) is 37.4 Å². The number of carbonyl (C=O) groups excluding carboxylic acids is 3. The van der Waals surface area contributed by atoms with E-state index in [1.54, 1.807) is 28.9 Å². The molecule has 1 N–H and O–H groups in total. The second-order valence-corrected chi connectivity index (χ2v) is 6.77. The number of H-pyrrole nitrogens is 1. The van der Waals surface area contributed by atoms with E-state index in [0.29, 0.717) is 60.7 Å². The Morgan fingerprint density at radius 1 is 1.00 bits per heavy atom. The van der Waals surface area contributed by atoms with Crippen LogP contribution in [0, 0.1) is 6.92 Å². The number of aromatic amines is 1. The number of aryl methyl sites for hydroxylation is 1. The Bertz CT molecular complexity index is 881. The first-order chi connectivity index (χ1) is 13.5. The number of benzene rings is 1. The van der Waals surface area contributed by atoms with Crippen LogP contribution >= 0.6 is 0 Å². The number of nitrogens with one attached hydrogen (secondary N) is 1. The zero-order valence-electron chi connectivity index (χ0n) is 16.4. The number of carbonyl (C=O) groups is 3. The van der Waals surface area contributed by atoms with Gasteiger partial charge in [-0.15, -0.1) is 0 Å². The lowest BCUT2D eigenvalue weighted by atomic mass is 10.1. The summed E-state index contributed by atoms with van der Waals surface area (Å²) >= 11 is 0. The van der Waals surface area contributed by atoms with Crippen molar-refractivity contribution in [1.82, 2.24) is 14.8 Å². The van der Waals surface area contributed by atoms with Crippen LogP contribution in [0.2, 0.25) is 0 Å². The average molecular weight is 383 g/mol. The van der Waals surface area contributed by atoms with Crippen molar-refractivity contribution in [3.8, 4) is 0 Å². The van der Waals surface area contributed by atoms with E-state index in [0.717, 1.165) is 0 Å². The first-order valence-corrected chi connectivity index (χ1v) is 9.41. The van der Waals surface area contributed by atoms with Gasteiger partial charge in [-0.05, 0) is 31.0 Å². The molecule has 1 fully saturated rings. The van der Waals surface area contributed by atoms with Gasteiger partial charge in [0.15, 0.2) is 0 Å². The number of hydrogen-bond donors (Lipinski definition) is 1. The molecule has 1 saturated heterocycles. The minimum Gasteiger partial charge on any atom is -0.465 e. The van der Waals surface area contributed by atoms with E-state index in [2.05, 4.69) is 4.98 Å². The topological polar surface area (TPSA) is 82.7 Å². The van der Waals surface area contributed by atoms with Gasteiger partial charge in [-0.3, -0.25) is 9.59 Å². The molecule has 0 atom stereocenters. The molecule has 28 heavy (non-hydrogen) atoms. The Kier molecular flexibility index (Phi) is 5.82. The Morgan fingerprint density at radius 2 is 1.57 bits per heavy atom. The van der Waals surface area contributed by atoms with Gasteiger partial charge >= 0.3 is 5.97 Å². The third-order valence-corrected chi connectivity index (χ3v) is 5.16. The first kappa shape index (κ1) is 19.7. The number of nitrogens with zero attached hydrogens (tertiary/aromatic N) is 2. The summed E-state index contributed by atoms with van der Waals surface area (Å²) in [4.78, 5) is 44.2. The molecule has 0 aliphatic carbocycles. The molecule has 3 rings (SSSR count). The van der Waals surface area contributed by atoms with Crippen LogP contribution < -0.4 is 0 Å². The maximum absolute atomic E-state index is 13.0. The highest BCUT2D eigenvalue weighted by molar-refractivity contribution is 6.01. The monoisotopic (exact) mass is 383 g/mol. The van der Waals surface area contributed by atoms with Gasteiger partial charge in [-0.1, -0.05) is 25.1 Å². The van der Waals surface area contributed by atoms with E-state index < -0.39 is 5.97 Å². The quantitative estimate of drug-likeness (QED) is 0.821. The number of methoxy groups -OCH3 is 1. The molecule has 0 bridgehead atoms. The van der Waals surface area contributed by atoms with Gasteiger partial charge in [-0.25, -0.2) is 4.79 Å². The summed E-state index contributed by atoms with van der Waals surface area (Å²) in [7, 11) is 1.33. The molecule has 1 aromatic carbocycles. The summed E-state index contributed by atoms with van der Waals surface area (Å²) in [5.41, 5.74) is 2.81. The summed E-state index contributed by atoms with van der Waals surface area (Å²) < 4.78 is 4.85. The van der Waals surface area contributed by atoms with Crippen LogP contribution in [0.1, 0.15) is 49.4 Å². The molecule has 0 saturated carbocycles. The fourth-order valence-electron chi connectivity index (χ4n) is 3.55. The van der Waals surface area contributed by atoms with Crippen molar-refractivity contribution in [3.63, 3.8) is 0 Å². The summed E-state index contributed by atoms with van der Waals surface area (Å²) in [6.07, 6.45) is 0.595. The van der Waals surface area contributed by atoms with E-state index in [1.807, 2.05) is 25.1 Å². The molecule has 7 heteroatoms. The third-order valence-electron chi connectivity index (χ3n) is 5.16. The number of piperazine rings is 1. The average Bonchev–Trinajstić information content (AvgIpc) is 3.09. The van der Waals surface area contributed by atoms with E-state index in [-0.39, 0.29) is 11.8 Å². The number of rotatable bonds is 4. The molecule has 2 heterocycles. The van der Waals surface area contributed by atoms with Crippen LogP contribution in [-0.4, -0.2) is 65.9 Å². The number of aromatic nitrogens is 1. The number of hydrogen-bond acceptors (Lipinski definition) is 4. The Hall–Kier alpha value is -3.09. The zero-order chi connectivity index (χ0) is 20.3. The molecule has 2 aromatic rings. The van der Waals surface area contributed by atoms with E-state index in [4.69, 9.17) is 4.74 Å². The first-order valence-electron chi connectivity index (χ1n) is 9.41. The highest BCUT2D eigenvalue weighted by atomic mass is 16.5. The second kappa shape index (κ2) is 8.29.